The second-order valence-corrected chi connectivity index (χ2v) is 7.91. The van der Waals surface area contributed by atoms with Crippen molar-refractivity contribution in [2.75, 3.05) is 12.3 Å². The van der Waals surface area contributed by atoms with Gasteiger partial charge in [0.1, 0.15) is 5.82 Å². The van der Waals surface area contributed by atoms with Crippen molar-refractivity contribution < 1.29 is 13.2 Å². The summed E-state index contributed by atoms with van der Waals surface area (Å²) in [5.74, 6) is 0.322. The summed E-state index contributed by atoms with van der Waals surface area (Å²) in [6, 6.07) is 7.22. The Morgan fingerprint density at radius 2 is 2.15 bits per heavy atom. The second kappa shape index (κ2) is 6.10. The van der Waals surface area contributed by atoms with Crippen molar-refractivity contribution in [3.05, 3.63) is 54.0 Å². The minimum Gasteiger partial charge on any atom is -0.342 e. The second-order valence-electron chi connectivity index (χ2n) is 6.15. The maximum absolute atomic E-state index is 12.7. The Hall–Kier alpha value is -2.94. The topological polar surface area (TPSA) is 108 Å². The number of hydrogen-bond acceptors (Lipinski definition) is 5. The van der Waals surface area contributed by atoms with E-state index in [4.69, 9.17) is 0 Å². The lowest BCUT2D eigenvalue weighted by atomic mass is 10.1. The fourth-order valence-electron chi connectivity index (χ4n) is 2.91. The first-order valence-electron chi connectivity index (χ1n) is 8.16. The highest BCUT2D eigenvalue weighted by Crippen LogP contribution is 2.20. The molecule has 1 unspecified atom stereocenters. The molecule has 1 atom stereocenters. The van der Waals surface area contributed by atoms with Crippen LogP contribution in [-0.2, 0) is 14.8 Å². The molecule has 0 radical (unpaired) electrons. The molecular weight excluding hydrogens is 354 g/mol. The van der Waals surface area contributed by atoms with Crippen LogP contribution in [0.4, 0.5) is 0 Å². The van der Waals surface area contributed by atoms with Crippen molar-refractivity contribution in [2.45, 2.75) is 13.0 Å². The number of fused-ring (bicyclic) bond motifs is 2. The van der Waals surface area contributed by atoms with Gasteiger partial charge in [0.05, 0.1) is 28.4 Å². The third-order valence-corrected chi connectivity index (χ3v) is 5.42. The maximum Gasteiger partial charge on any atom is 0.256 e. The third-order valence-electron chi connectivity index (χ3n) is 4.27. The summed E-state index contributed by atoms with van der Waals surface area (Å²) in [7, 11) is -3.54. The number of imidazole rings is 1. The van der Waals surface area contributed by atoms with Crippen molar-refractivity contribution in [1.82, 2.24) is 20.2 Å². The average Bonchev–Trinajstić information content (AvgIpc) is 3.04. The lowest BCUT2D eigenvalue weighted by molar-refractivity contribution is -0.117. The molecule has 0 bridgehead atoms. The number of benzene rings is 1. The quantitative estimate of drug-likeness (QED) is 0.844. The number of aromatic nitrogens is 2. The number of carbonyl (C=O) groups excluding carboxylic acids is 1. The lowest BCUT2D eigenvalue weighted by Crippen LogP contribution is -2.42. The molecule has 1 amide bonds. The molecule has 0 aliphatic carbocycles. The lowest BCUT2D eigenvalue weighted by Gasteiger charge is -2.29. The smallest absolute Gasteiger partial charge is 0.256 e. The summed E-state index contributed by atoms with van der Waals surface area (Å²) >= 11 is 0. The van der Waals surface area contributed by atoms with Crippen LogP contribution in [0.15, 0.2) is 52.6 Å². The number of nitrogens with one attached hydrogen (secondary N) is 2. The van der Waals surface area contributed by atoms with E-state index in [1.807, 2.05) is 31.2 Å². The number of allylic oxidation sites excluding steroid dienone is 2. The molecule has 0 spiro atoms. The molecule has 1 aromatic heterocycles. The largest absolute Gasteiger partial charge is 0.342 e. The van der Waals surface area contributed by atoms with Crippen LogP contribution in [0.2, 0.25) is 0 Å². The summed E-state index contributed by atoms with van der Waals surface area (Å²) < 4.78 is 27.4. The molecule has 134 valence electrons. The normalized spacial score (nSPS) is 19.5. The highest BCUT2D eigenvalue weighted by atomic mass is 32.2. The highest BCUT2D eigenvalue weighted by Gasteiger charge is 2.30. The molecule has 8 nitrogen and oxygen atoms in total. The number of hydrogen-bond donors (Lipinski definition) is 2. The molecule has 2 aliphatic heterocycles. The van der Waals surface area contributed by atoms with Crippen LogP contribution in [0.25, 0.3) is 11.0 Å². The van der Waals surface area contributed by atoms with E-state index in [0.717, 1.165) is 11.0 Å². The standard InChI is InChI=1S/C17H17N5O3S/c1-11(15-19-13-6-2-3-7-14(13)20-15)18-17(23)12-5-4-8-22-9-10-26(24,25)21-16(12)22/h2-8,11H,9-10H2,1H3,(H,18,23)(H,19,20). The van der Waals surface area contributed by atoms with Gasteiger partial charge < -0.3 is 15.2 Å². The Bertz CT molecular complexity index is 1050. The summed E-state index contributed by atoms with van der Waals surface area (Å²) in [5, 5.41) is 2.85. The Balaban J connectivity index is 1.58. The third kappa shape index (κ3) is 3.01. The Morgan fingerprint density at radius 3 is 2.96 bits per heavy atom. The van der Waals surface area contributed by atoms with Crippen molar-refractivity contribution in [3.63, 3.8) is 0 Å². The van der Waals surface area contributed by atoms with E-state index in [1.165, 1.54) is 0 Å². The van der Waals surface area contributed by atoms with Gasteiger partial charge in [0.15, 0.2) is 5.84 Å². The number of amides is 1. The molecule has 3 heterocycles. The minimum atomic E-state index is -3.54. The van der Waals surface area contributed by atoms with Gasteiger partial charge in [-0.3, -0.25) is 4.79 Å². The van der Waals surface area contributed by atoms with E-state index in [0.29, 0.717) is 5.82 Å². The highest BCUT2D eigenvalue weighted by molar-refractivity contribution is 7.90. The summed E-state index contributed by atoms with van der Waals surface area (Å²) in [6.45, 7) is 2.09. The van der Waals surface area contributed by atoms with E-state index in [-0.39, 0.29) is 29.7 Å². The maximum atomic E-state index is 12.7. The van der Waals surface area contributed by atoms with Gasteiger partial charge in [-0.05, 0) is 31.2 Å². The van der Waals surface area contributed by atoms with Gasteiger partial charge in [-0.1, -0.05) is 12.1 Å². The van der Waals surface area contributed by atoms with Crippen molar-refractivity contribution in [3.8, 4) is 0 Å². The molecule has 4 rings (SSSR count). The monoisotopic (exact) mass is 371 g/mol. The first kappa shape index (κ1) is 16.5. The molecule has 26 heavy (non-hydrogen) atoms. The number of H-pyrrole nitrogens is 1. The van der Waals surface area contributed by atoms with Gasteiger partial charge in [-0.15, -0.1) is 4.40 Å². The first-order chi connectivity index (χ1) is 12.4. The molecule has 1 aromatic carbocycles. The van der Waals surface area contributed by atoms with Gasteiger partial charge in [-0.2, -0.15) is 0 Å². The van der Waals surface area contributed by atoms with Crippen LogP contribution in [0.5, 0.6) is 0 Å². The number of aromatic amines is 1. The van der Waals surface area contributed by atoms with E-state index >= 15 is 0 Å². The van der Waals surface area contributed by atoms with E-state index in [1.54, 1.807) is 23.3 Å². The van der Waals surface area contributed by atoms with E-state index in [2.05, 4.69) is 19.7 Å². The fraction of sp³-hybridized carbons (Fsp3) is 0.235. The molecule has 2 N–H and O–H groups in total. The predicted molar refractivity (Wildman–Crippen MR) is 97.8 cm³/mol. The minimum absolute atomic E-state index is 0.0644. The van der Waals surface area contributed by atoms with Crippen molar-refractivity contribution in [1.29, 1.82) is 0 Å². The van der Waals surface area contributed by atoms with Gasteiger partial charge >= 0.3 is 0 Å². The van der Waals surface area contributed by atoms with Crippen LogP contribution in [0.1, 0.15) is 18.8 Å². The van der Waals surface area contributed by atoms with Crippen LogP contribution < -0.4 is 5.32 Å². The number of sulfonamides is 1. The number of carbonyl (C=O) groups is 1. The summed E-state index contributed by atoms with van der Waals surface area (Å²) in [5.41, 5.74) is 1.92. The fourth-order valence-corrected chi connectivity index (χ4v) is 3.90. The number of amidine groups is 1. The number of nitrogens with zero attached hydrogens (tertiary/aromatic N) is 3. The first-order valence-corrected chi connectivity index (χ1v) is 9.77. The molecular formula is C17H17N5O3S. The van der Waals surface area contributed by atoms with Crippen molar-refractivity contribution >= 4 is 32.8 Å². The Kier molecular flexibility index (Phi) is 3.87. The molecule has 2 aromatic rings. The van der Waals surface area contributed by atoms with Gasteiger partial charge in [0.2, 0.25) is 0 Å². The molecule has 9 heteroatoms. The van der Waals surface area contributed by atoms with Crippen molar-refractivity contribution in [2.24, 2.45) is 4.40 Å². The summed E-state index contributed by atoms with van der Waals surface area (Å²) in [4.78, 5) is 22.0. The zero-order valence-electron chi connectivity index (χ0n) is 14.0. The Labute approximate surface area is 150 Å². The van der Waals surface area contributed by atoms with Crippen LogP contribution in [-0.4, -0.2) is 47.3 Å². The average molecular weight is 371 g/mol. The van der Waals surface area contributed by atoms with Crippen LogP contribution in [0, 0.1) is 0 Å². The molecule has 2 aliphatic rings. The van der Waals surface area contributed by atoms with E-state index in [9.17, 15) is 13.2 Å². The van der Waals surface area contributed by atoms with E-state index < -0.39 is 15.9 Å². The molecule has 0 fully saturated rings. The van der Waals surface area contributed by atoms with Gasteiger partial charge in [0.25, 0.3) is 15.9 Å². The number of para-hydroxylation sites is 2. The van der Waals surface area contributed by atoms with Crippen LogP contribution >= 0.6 is 0 Å². The Morgan fingerprint density at radius 1 is 1.35 bits per heavy atom. The zero-order chi connectivity index (χ0) is 18.3. The zero-order valence-corrected chi connectivity index (χ0v) is 14.8. The summed E-state index contributed by atoms with van der Waals surface area (Å²) in [6.07, 6.45) is 4.99. The van der Waals surface area contributed by atoms with Gasteiger partial charge in [-0.25, -0.2) is 13.4 Å². The van der Waals surface area contributed by atoms with Gasteiger partial charge in [0, 0.05) is 12.7 Å². The number of rotatable bonds is 3. The molecule has 0 saturated carbocycles. The van der Waals surface area contributed by atoms with Crippen LogP contribution in [0.3, 0.4) is 0 Å². The SMILES string of the molecule is CC(NC(=O)C1=CC=CN2CCS(=O)(=O)N=C12)c1nc2ccccc2[nH]1. The molecule has 0 saturated heterocycles. The predicted octanol–water partition coefficient (Wildman–Crippen LogP) is 1.24.